The predicted molar refractivity (Wildman–Crippen MR) is 70.1 cm³/mol. The second-order valence-electron chi connectivity index (χ2n) is 3.41. The molecule has 1 nitrogen and oxygen atoms in total. The van der Waals surface area contributed by atoms with Gasteiger partial charge in [0.25, 0.3) is 0 Å². The van der Waals surface area contributed by atoms with E-state index < -0.39 is 0 Å². The molecule has 0 aliphatic carbocycles. The van der Waals surface area contributed by atoms with Crippen LogP contribution in [-0.4, -0.2) is 6.21 Å². The summed E-state index contributed by atoms with van der Waals surface area (Å²) in [5, 5.41) is 0.962. The first-order valence-electron chi connectivity index (χ1n) is 4.90. The van der Waals surface area contributed by atoms with Crippen molar-refractivity contribution in [3.8, 4) is 0 Å². The van der Waals surface area contributed by atoms with E-state index in [9.17, 15) is 4.39 Å². The maximum atomic E-state index is 12.9. The number of halogens is 3. The van der Waals surface area contributed by atoms with Crippen LogP contribution in [-0.2, 0) is 0 Å². The van der Waals surface area contributed by atoms with E-state index in [4.69, 9.17) is 23.2 Å². The molecule has 0 saturated heterocycles. The lowest BCUT2D eigenvalue weighted by Gasteiger charge is -1.97. The van der Waals surface area contributed by atoms with Gasteiger partial charge in [-0.1, -0.05) is 35.3 Å². The molecule has 0 radical (unpaired) electrons. The van der Waals surface area contributed by atoms with Crippen LogP contribution in [0.4, 0.5) is 10.1 Å². The molecule has 0 spiro atoms. The van der Waals surface area contributed by atoms with Gasteiger partial charge in [0.1, 0.15) is 5.82 Å². The normalized spacial score (nSPS) is 11.0. The summed E-state index contributed by atoms with van der Waals surface area (Å²) in [6, 6.07) is 11.2. The fourth-order valence-corrected chi connectivity index (χ4v) is 1.60. The van der Waals surface area contributed by atoms with Crippen LogP contribution in [0, 0.1) is 5.82 Å². The highest BCUT2D eigenvalue weighted by atomic mass is 35.5. The van der Waals surface area contributed by atoms with Crippen molar-refractivity contribution in [2.75, 3.05) is 0 Å². The minimum absolute atomic E-state index is 0.311. The molecule has 2 aromatic rings. The van der Waals surface area contributed by atoms with Crippen LogP contribution in [0.3, 0.4) is 0 Å². The van der Waals surface area contributed by atoms with Crippen LogP contribution in [0.2, 0.25) is 10.0 Å². The molecule has 86 valence electrons. The van der Waals surface area contributed by atoms with Gasteiger partial charge in [-0.3, -0.25) is 4.99 Å². The quantitative estimate of drug-likeness (QED) is 0.688. The van der Waals surface area contributed by atoms with E-state index >= 15 is 0 Å². The summed E-state index contributed by atoms with van der Waals surface area (Å²) in [5.74, 6) is -0.311. The van der Waals surface area contributed by atoms with Crippen molar-refractivity contribution in [1.82, 2.24) is 0 Å². The van der Waals surface area contributed by atoms with Gasteiger partial charge in [0, 0.05) is 6.21 Å². The Labute approximate surface area is 109 Å². The Bertz CT molecular complexity index is 567. The number of benzene rings is 2. The summed E-state index contributed by atoms with van der Waals surface area (Å²) in [5.41, 5.74) is 1.36. The summed E-state index contributed by atoms with van der Waals surface area (Å²) in [6.07, 6.45) is 1.61. The van der Waals surface area contributed by atoms with Gasteiger partial charge in [0.15, 0.2) is 0 Å². The van der Waals surface area contributed by atoms with Crippen molar-refractivity contribution in [3.05, 3.63) is 63.9 Å². The van der Waals surface area contributed by atoms with Gasteiger partial charge in [-0.2, -0.15) is 0 Å². The van der Waals surface area contributed by atoms with E-state index in [1.807, 2.05) is 0 Å². The minimum atomic E-state index is -0.311. The lowest BCUT2D eigenvalue weighted by Crippen LogP contribution is -1.81. The first kappa shape index (κ1) is 12.1. The molecule has 0 N–H and O–H groups in total. The fraction of sp³-hybridized carbons (Fsp3) is 0. The molecule has 0 aliphatic heterocycles. The molecule has 0 amide bonds. The van der Waals surface area contributed by atoms with Crippen molar-refractivity contribution in [1.29, 1.82) is 0 Å². The van der Waals surface area contributed by atoms with Crippen molar-refractivity contribution >= 4 is 35.1 Å². The molecule has 0 fully saturated rings. The smallest absolute Gasteiger partial charge is 0.125 e. The third-order valence-electron chi connectivity index (χ3n) is 2.11. The topological polar surface area (TPSA) is 12.4 Å². The lowest BCUT2D eigenvalue weighted by molar-refractivity contribution is 0.628. The molecule has 0 aliphatic rings. The van der Waals surface area contributed by atoms with Crippen LogP contribution >= 0.6 is 23.2 Å². The number of nitrogens with zero attached hydrogens (tertiary/aromatic N) is 1. The highest BCUT2D eigenvalue weighted by Crippen LogP contribution is 2.22. The molecule has 0 heterocycles. The van der Waals surface area contributed by atoms with Gasteiger partial charge in [-0.15, -0.1) is 0 Å². The second kappa shape index (κ2) is 5.30. The highest BCUT2D eigenvalue weighted by Gasteiger charge is 1.97. The Balaban J connectivity index is 2.23. The van der Waals surface area contributed by atoms with Crippen LogP contribution < -0.4 is 0 Å². The molecular weight excluding hydrogens is 260 g/mol. The molecule has 0 unspecified atom stereocenters. The second-order valence-corrected chi connectivity index (χ2v) is 4.23. The number of hydrogen-bond donors (Lipinski definition) is 0. The van der Waals surface area contributed by atoms with E-state index in [0.717, 1.165) is 5.56 Å². The average Bonchev–Trinajstić information content (AvgIpc) is 2.31. The summed E-state index contributed by atoms with van der Waals surface area (Å²) < 4.78 is 12.9. The fourth-order valence-electron chi connectivity index (χ4n) is 1.30. The zero-order valence-electron chi connectivity index (χ0n) is 8.70. The standard InChI is InChI=1S/C13H8Cl2FN/c14-12-5-4-9(6-13(12)15)8-17-11-3-1-2-10(16)7-11/h1-8H. The highest BCUT2D eigenvalue weighted by molar-refractivity contribution is 6.42. The maximum absolute atomic E-state index is 12.9. The third-order valence-corrected chi connectivity index (χ3v) is 2.85. The molecule has 0 saturated carbocycles. The van der Waals surface area contributed by atoms with Gasteiger partial charge in [0.05, 0.1) is 15.7 Å². The molecule has 4 heteroatoms. The average molecular weight is 268 g/mol. The van der Waals surface area contributed by atoms with Gasteiger partial charge in [-0.25, -0.2) is 4.39 Å². The van der Waals surface area contributed by atoms with Crippen LogP contribution in [0.25, 0.3) is 0 Å². The third kappa shape index (κ3) is 3.29. The lowest BCUT2D eigenvalue weighted by atomic mass is 10.2. The Hall–Kier alpha value is -1.38. The first-order chi connectivity index (χ1) is 8.15. The van der Waals surface area contributed by atoms with E-state index in [-0.39, 0.29) is 5.82 Å². The van der Waals surface area contributed by atoms with Gasteiger partial charge < -0.3 is 0 Å². The van der Waals surface area contributed by atoms with E-state index in [2.05, 4.69) is 4.99 Å². The molecule has 0 atom stereocenters. The number of rotatable bonds is 2. The number of aliphatic imine (C=N–C) groups is 1. The monoisotopic (exact) mass is 267 g/mol. The largest absolute Gasteiger partial charge is 0.256 e. The maximum Gasteiger partial charge on any atom is 0.125 e. The summed E-state index contributed by atoms with van der Waals surface area (Å²) in [4.78, 5) is 4.14. The van der Waals surface area contributed by atoms with Crippen LogP contribution in [0.15, 0.2) is 47.5 Å². The molecule has 17 heavy (non-hydrogen) atoms. The predicted octanol–water partition coefficient (Wildman–Crippen LogP) is 4.88. The molecule has 2 rings (SSSR count). The Morgan fingerprint density at radius 3 is 2.53 bits per heavy atom. The van der Waals surface area contributed by atoms with E-state index in [1.165, 1.54) is 12.1 Å². The Morgan fingerprint density at radius 1 is 1.00 bits per heavy atom. The summed E-state index contributed by atoms with van der Waals surface area (Å²) >= 11 is 11.7. The van der Waals surface area contributed by atoms with Gasteiger partial charge in [-0.05, 0) is 35.9 Å². The molecule has 2 aromatic carbocycles. The summed E-state index contributed by atoms with van der Waals surface area (Å²) in [6.45, 7) is 0. The molecule has 0 aromatic heterocycles. The van der Waals surface area contributed by atoms with Crippen LogP contribution in [0.5, 0.6) is 0 Å². The molecule has 0 bridgehead atoms. The number of hydrogen-bond acceptors (Lipinski definition) is 1. The van der Waals surface area contributed by atoms with Crippen molar-refractivity contribution < 1.29 is 4.39 Å². The van der Waals surface area contributed by atoms with Crippen molar-refractivity contribution in [3.63, 3.8) is 0 Å². The van der Waals surface area contributed by atoms with Crippen molar-refractivity contribution in [2.45, 2.75) is 0 Å². The zero-order valence-corrected chi connectivity index (χ0v) is 10.2. The SMILES string of the molecule is Fc1cccc(N=Cc2ccc(Cl)c(Cl)c2)c1. The van der Waals surface area contributed by atoms with E-state index in [0.29, 0.717) is 15.7 Å². The summed E-state index contributed by atoms with van der Waals surface area (Å²) in [7, 11) is 0. The zero-order chi connectivity index (χ0) is 12.3. The van der Waals surface area contributed by atoms with Crippen LogP contribution in [0.1, 0.15) is 5.56 Å². The minimum Gasteiger partial charge on any atom is -0.256 e. The van der Waals surface area contributed by atoms with E-state index in [1.54, 1.807) is 36.5 Å². The van der Waals surface area contributed by atoms with Gasteiger partial charge in [0.2, 0.25) is 0 Å². The van der Waals surface area contributed by atoms with Crippen molar-refractivity contribution in [2.24, 2.45) is 4.99 Å². The first-order valence-corrected chi connectivity index (χ1v) is 5.65. The molecular formula is C13H8Cl2FN. The Kier molecular flexibility index (Phi) is 3.77. The Morgan fingerprint density at radius 2 is 1.82 bits per heavy atom. The van der Waals surface area contributed by atoms with Gasteiger partial charge >= 0.3 is 0 Å².